The fraction of sp³-hybridized carbons (Fsp3) is 0.538. The number of anilines is 1. The van der Waals surface area contributed by atoms with Gasteiger partial charge in [-0.15, -0.1) is 0 Å². The molecule has 0 aliphatic heterocycles. The highest BCUT2D eigenvalue weighted by molar-refractivity contribution is 5.64. The predicted molar refractivity (Wildman–Crippen MR) is 70.5 cm³/mol. The number of unbranched alkanes of at least 4 members (excludes halogenated alkanes) is 3. The van der Waals surface area contributed by atoms with Gasteiger partial charge in [0.15, 0.2) is 0 Å². The van der Waals surface area contributed by atoms with Crippen molar-refractivity contribution < 1.29 is 4.92 Å². The Labute approximate surface area is 102 Å². The molecule has 4 heteroatoms. The smallest absolute Gasteiger partial charge is 0.295 e. The molecule has 0 fully saturated rings. The summed E-state index contributed by atoms with van der Waals surface area (Å²) in [5, 5.41) is 14.1. The Hall–Kier alpha value is -1.58. The second kappa shape index (κ2) is 6.89. The molecule has 0 amide bonds. The molecule has 0 heterocycles. The van der Waals surface area contributed by atoms with E-state index in [4.69, 9.17) is 0 Å². The van der Waals surface area contributed by atoms with Gasteiger partial charge in [0.1, 0.15) is 5.69 Å². The Kier molecular flexibility index (Phi) is 5.46. The van der Waals surface area contributed by atoms with Gasteiger partial charge in [-0.25, -0.2) is 0 Å². The summed E-state index contributed by atoms with van der Waals surface area (Å²) in [6.07, 6.45) is 4.64. The standard InChI is InChI=1S/C13H20N2O2/c1-3-4-5-6-10-14-12-9-7-8-11(2)13(12)15(16)17/h7-9,14H,3-6,10H2,1-2H3. The first-order chi connectivity index (χ1) is 8.16. The highest BCUT2D eigenvalue weighted by Crippen LogP contribution is 2.27. The number of benzene rings is 1. The molecule has 94 valence electrons. The molecule has 1 aromatic carbocycles. The molecule has 0 spiro atoms. The quantitative estimate of drug-likeness (QED) is 0.444. The Bertz CT molecular complexity index is 378. The van der Waals surface area contributed by atoms with E-state index >= 15 is 0 Å². The van der Waals surface area contributed by atoms with Gasteiger partial charge in [-0.3, -0.25) is 10.1 Å². The normalized spacial score (nSPS) is 10.2. The van der Waals surface area contributed by atoms with Gasteiger partial charge >= 0.3 is 0 Å². The van der Waals surface area contributed by atoms with Crippen molar-refractivity contribution in [3.63, 3.8) is 0 Å². The molecule has 1 aromatic rings. The Morgan fingerprint density at radius 1 is 1.29 bits per heavy atom. The Balaban J connectivity index is 2.58. The average molecular weight is 236 g/mol. The summed E-state index contributed by atoms with van der Waals surface area (Å²) in [5.41, 5.74) is 1.53. The van der Waals surface area contributed by atoms with E-state index in [1.807, 2.05) is 6.07 Å². The van der Waals surface area contributed by atoms with Crippen LogP contribution in [0.2, 0.25) is 0 Å². The van der Waals surface area contributed by atoms with E-state index in [-0.39, 0.29) is 10.6 Å². The molecule has 1 N–H and O–H groups in total. The van der Waals surface area contributed by atoms with Crippen LogP contribution in [0, 0.1) is 17.0 Å². The van der Waals surface area contributed by atoms with Gasteiger partial charge in [-0.1, -0.05) is 38.3 Å². The van der Waals surface area contributed by atoms with Crippen molar-refractivity contribution in [3.8, 4) is 0 Å². The van der Waals surface area contributed by atoms with Crippen LogP contribution in [0.3, 0.4) is 0 Å². The summed E-state index contributed by atoms with van der Waals surface area (Å²) in [5.74, 6) is 0. The lowest BCUT2D eigenvalue weighted by Gasteiger charge is -2.08. The van der Waals surface area contributed by atoms with E-state index in [2.05, 4.69) is 12.2 Å². The van der Waals surface area contributed by atoms with Crippen molar-refractivity contribution in [3.05, 3.63) is 33.9 Å². The average Bonchev–Trinajstić information content (AvgIpc) is 2.28. The first-order valence-electron chi connectivity index (χ1n) is 6.14. The van der Waals surface area contributed by atoms with Gasteiger partial charge in [-0.05, 0) is 19.4 Å². The lowest BCUT2D eigenvalue weighted by Crippen LogP contribution is -2.05. The van der Waals surface area contributed by atoms with Crippen molar-refractivity contribution in [2.45, 2.75) is 39.5 Å². The summed E-state index contributed by atoms with van der Waals surface area (Å²) >= 11 is 0. The molecule has 0 saturated carbocycles. The van der Waals surface area contributed by atoms with Crippen LogP contribution in [0.1, 0.15) is 38.2 Å². The van der Waals surface area contributed by atoms with Crippen LogP contribution in [0.5, 0.6) is 0 Å². The van der Waals surface area contributed by atoms with Crippen molar-refractivity contribution in [2.75, 3.05) is 11.9 Å². The van der Waals surface area contributed by atoms with Crippen LogP contribution < -0.4 is 5.32 Å². The predicted octanol–water partition coefficient (Wildman–Crippen LogP) is 3.90. The fourth-order valence-corrected chi connectivity index (χ4v) is 1.82. The first-order valence-corrected chi connectivity index (χ1v) is 6.14. The number of nitro groups is 1. The van der Waals surface area contributed by atoms with Crippen LogP contribution in [-0.4, -0.2) is 11.5 Å². The second-order valence-corrected chi connectivity index (χ2v) is 4.22. The van der Waals surface area contributed by atoms with Gasteiger partial charge in [0.05, 0.1) is 4.92 Å². The maximum atomic E-state index is 10.9. The van der Waals surface area contributed by atoms with Crippen molar-refractivity contribution in [1.29, 1.82) is 0 Å². The van der Waals surface area contributed by atoms with E-state index < -0.39 is 0 Å². The zero-order chi connectivity index (χ0) is 12.7. The minimum Gasteiger partial charge on any atom is -0.379 e. The van der Waals surface area contributed by atoms with Gasteiger partial charge in [-0.2, -0.15) is 0 Å². The topological polar surface area (TPSA) is 55.2 Å². The Morgan fingerprint density at radius 2 is 2.06 bits per heavy atom. The van der Waals surface area contributed by atoms with Crippen molar-refractivity contribution in [2.24, 2.45) is 0 Å². The summed E-state index contributed by atoms with van der Waals surface area (Å²) < 4.78 is 0. The van der Waals surface area contributed by atoms with Crippen LogP contribution >= 0.6 is 0 Å². The van der Waals surface area contributed by atoms with Gasteiger partial charge < -0.3 is 5.32 Å². The third-order valence-electron chi connectivity index (χ3n) is 2.77. The molecule has 0 saturated heterocycles. The zero-order valence-corrected chi connectivity index (χ0v) is 10.5. The van der Waals surface area contributed by atoms with Gasteiger partial charge in [0, 0.05) is 12.1 Å². The molecular weight excluding hydrogens is 216 g/mol. The molecule has 0 aliphatic carbocycles. The first kappa shape index (κ1) is 13.5. The number of nitrogens with one attached hydrogen (secondary N) is 1. The number of nitro benzene ring substituents is 1. The number of nitrogens with zero attached hydrogens (tertiary/aromatic N) is 1. The summed E-state index contributed by atoms with van der Waals surface area (Å²) in [7, 11) is 0. The highest BCUT2D eigenvalue weighted by atomic mass is 16.6. The molecule has 0 bridgehead atoms. The minimum absolute atomic E-state index is 0.197. The maximum absolute atomic E-state index is 10.9. The second-order valence-electron chi connectivity index (χ2n) is 4.22. The SMILES string of the molecule is CCCCCCNc1cccc(C)c1[N+](=O)[O-]. The number of aryl methyl sites for hydroxylation is 1. The van der Waals surface area contributed by atoms with Gasteiger partial charge in [0.25, 0.3) is 5.69 Å². The summed E-state index contributed by atoms with van der Waals surface area (Å²) in [6.45, 7) is 4.73. The highest BCUT2D eigenvalue weighted by Gasteiger charge is 2.15. The molecule has 0 radical (unpaired) electrons. The summed E-state index contributed by atoms with van der Waals surface area (Å²) in [6, 6.07) is 5.38. The summed E-state index contributed by atoms with van der Waals surface area (Å²) in [4.78, 5) is 10.6. The van der Waals surface area contributed by atoms with Crippen LogP contribution in [0.4, 0.5) is 11.4 Å². The minimum atomic E-state index is -0.316. The number of hydrogen-bond donors (Lipinski definition) is 1. The molecule has 17 heavy (non-hydrogen) atoms. The molecule has 0 atom stereocenters. The molecule has 4 nitrogen and oxygen atoms in total. The third kappa shape index (κ3) is 4.06. The van der Waals surface area contributed by atoms with E-state index in [0.717, 1.165) is 13.0 Å². The fourth-order valence-electron chi connectivity index (χ4n) is 1.82. The monoisotopic (exact) mass is 236 g/mol. The van der Waals surface area contributed by atoms with Crippen molar-refractivity contribution >= 4 is 11.4 Å². The van der Waals surface area contributed by atoms with E-state index in [9.17, 15) is 10.1 Å². The zero-order valence-electron chi connectivity index (χ0n) is 10.5. The van der Waals surface area contributed by atoms with Crippen molar-refractivity contribution in [1.82, 2.24) is 0 Å². The maximum Gasteiger partial charge on any atom is 0.295 e. The molecule has 0 aliphatic rings. The molecule has 0 aromatic heterocycles. The van der Waals surface area contributed by atoms with E-state index in [0.29, 0.717) is 11.3 Å². The van der Waals surface area contributed by atoms with Crippen LogP contribution in [0.15, 0.2) is 18.2 Å². The molecule has 1 rings (SSSR count). The number of hydrogen-bond acceptors (Lipinski definition) is 3. The lowest BCUT2D eigenvalue weighted by atomic mass is 10.1. The largest absolute Gasteiger partial charge is 0.379 e. The number of rotatable bonds is 7. The third-order valence-corrected chi connectivity index (χ3v) is 2.77. The van der Waals surface area contributed by atoms with Crippen LogP contribution in [0.25, 0.3) is 0 Å². The molecule has 0 unspecified atom stereocenters. The van der Waals surface area contributed by atoms with E-state index in [1.54, 1.807) is 19.1 Å². The van der Waals surface area contributed by atoms with Crippen LogP contribution in [-0.2, 0) is 0 Å². The Morgan fingerprint density at radius 3 is 2.71 bits per heavy atom. The number of para-hydroxylation sites is 1. The molecular formula is C13H20N2O2. The van der Waals surface area contributed by atoms with Gasteiger partial charge in [0.2, 0.25) is 0 Å². The van der Waals surface area contributed by atoms with E-state index in [1.165, 1.54) is 19.3 Å². The lowest BCUT2D eigenvalue weighted by molar-refractivity contribution is -0.384.